The van der Waals surface area contributed by atoms with E-state index in [1.54, 1.807) is 7.11 Å². The van der Waals surface area contributed by atoms with Crippen LogP contribution in [-0.2, 0) is 6.42 Å². The van der Waals surface area contributed by atoms with E-state index in [2.05, 4.69) is 37.4 Å². The van der Waals surface area contributed by atoms with E-state index in [4.69, 9.17) is 10.5 Å². The molecule has 0 amide bonds. The molecule has 1 aromatic rings. The van der Waals surface area contributed by atoms with Crippen molar-refractivity contribution in [3.05, 3.63) is 29.3 Å². The lowest BCUT2D eigenvalue weighted by Gasteiger charge is -2.13. The maximum absolute atomic E-state index is 5.47. The quantitative estimate of drug-likeness (QED) is 0.696. The average molecular weight is 250 g/mol. The zero-order valence-corrected chi connectivity index (χ0v) is 11.8. The summed E-state index contributed by atoms with van der Waals surface area (Å²) in [5.41, 5.74) is 8.04. The highest BCUT2D eigenvalue weighted by Gasteiger charge is 2.06. The van der Waals surface area contributed by atoms with E-state index < -0.39 is 0 Å². The van der Waals surface area contributed by atoms with Crippen LogP contribution in [-0.4, -0.2) is 26.7 Å². The molecule has 0 aliphatic carbocycles. The largest absolute Gasteiger partial charge is 0.496 e. The Morgan fingerprint density at radius 1 is 1.28 bits per heavy atom. The van der Waals surface area contributed by atoms with E-state index in [0.29, 0.717) is 5.92 Å². The molecule has 1 aromatic carbocycles. The summed E-state index contributed by atoms with van der Waals surface area (Å²) in [6, 6.07) is 6.53. The van der Waals surface area contributed by atoms with Crippen LogP contribution in [0.5, 0.6) is 5.75 Å². The van der Waals surface area contributed by atoms with Gasteiger partial charge in [0, 0.05) is 0 Å². The molecule has 0 aliphatic heterocycles. The average Bonchev–Trinajstić information content (AvgIpc) is 2.38. The second-order valence-electron chi connectivity index (χ2n) is 4.87. The summed E-state index contributed by atoms with van der Waals surface area (Å²) in [6.45, 7) is 7.10. The summed E-state index contributed by atoms with van der Waals surface area (Å²) in [5.74, 6) is 1.54. The van der Waals surface area contributed by atoms with Crippen molar-refractivity contribution in [3.63, 3.8) is 0 Å². The van der Waals surface area contributed by atoms with Gasteiger partial charge in [0.05, 0.1) is 7.11 Å². The lowest BCUT2D eigenvalue weighted by molar-refractivity contribution is 0.408. The van der Waals surface area contributed by atoms with Crippen LogP contribution in [0.1, 0.15) is 37.3 Å². The van der Waals surface area contributed by atoms with Gasteiger partial charge in [-0.05, 0) is 55.6 Å². The Bertz CT molecular complexity index is 350. The normalized spacial score (nSPS) is 10.9. The van der Waals surface area contributed by atoms with Crippen LogP contribution in [0.15, 0.2) is 18.2 Å². The number of nitrogens with one attached hydrogen (secondary N) is 1. The molecule has 3 heteroatoms. The van der Waals surface area contributed by atoms with Crippen molar-refractivity contribution in [2.45, 2.75) is 32.6 Å². The zero-order chi connectivity index (χ0) is 13.4. The minimum Gasteiger partial charge on any atom is -0.496 e. The third-order valence-electron chi connectivity index (χ3n) is 3.11. The second-order valence-corrected chi connectivity index (χ2v) is 4.87. The molecule has 0 unspecified atom stereocenters. The van der Waals surface area contributed by atoms with Crippen LogP contribution in [0, 0.1) is 0 Å². The summed E-state index contributed by atoms with van der Waals surface area (Å²) < 4.78 is 5.47. The highest BCUT2D eigenvalue weighted by Crippen LogP contribution is 2.24. The number of benzene rings is 1. The fourth-order valence-corrected chi connectivity index (χ4v) is 1.90. The van der Waals surface area contributed by atoms with Gasteiger partial charge in [-0.15, -0.1) is 0 Å². The van der Waals surface area contributed by atoms with Crippen molar-refractivity contribution >= 4 is 0 Å². The predicted octanol–water partition coefficient (Wildman–Crippen LogP) is 2.30. The molecule has 3 N–H and O–H groups in total. The number of methoxy groups -OCH3 is 1. The smallest absolute Gasteiger partial charge is 0.122 e. The Labute approximate surface area is 111 Å². The van der Waals surface area contributed by atoms with Crippen molar-refractivity contribution in [1.82, 2.24) is 5.32 Å². The standard InChI is InChI=1S/C15H26N2O/c1-12(2)14-6-5-13(15(11-14)18-3)7-10-17-9-4-8-16/h5-6,11-12,17H,4,7-10,16H2,1-3H3. The van der Waals surface area contributed by atoms with E-state index in [0.717, 1.165) is 38.2 Å². The zero-order valence-electron chi connectivity index (χ0n) is 11.8. The van der Waals surface area contributed by atoms with Crippen LogP contribution in [0.4, 0.5) is 0 Å². The first-order valence-electron chi connectivity index (χ1n) is 6.76. The molecule has 0 radical (unpaired) electrons. The van der Waals surface area contributed by atoms with Gasteiger partial charge in [0.2, 0.25) is 0 Å². The van der Waals surface area contributed by atoms with Gasteiger partial charge in [0.15, 0.2) is 0 Å². The highest BCUT2D eigenvalue weighted by molar-refractivity contribution is 5.38. The van der Waals surface area contributed by atoms with Crippen LogP contribution < -0.4 is 15.8 Å². The minimum absolute atomic E-state index is 0.538. The molecular formula is C15H26N2O. The van der Waals surface area contributed by atoms with Gasteiger partial charge in [-0.2, -0.15) is 0 Å². The Kier molecular flexibility index (Phi) is 6.76. The molecule has 0 saturated carbocycles. The maximum Gasteiger partial charge on any atom is 0.122 e. The Hall–Kier alpha value is -1.06. The molecule has 0 aromatic heterocycles. The van der Waals surface area contributed by atoms with Gasteiger partial charge >= 0.3 is 0 Å². The topological polar surface area (TPSA) is 47.3 Å². The molecule has 0 atom stereocenters. The van der Waals surface area contributed by atoms with Crippen molar-refractivity contribution in [2.24, 2.45) is 5.73 Å². The highest BCUT2D eigenvalue weighted by atomic mass is 16.5. The number of hydrogen-bond donors (Lipinski definition) is 2. The number of nitrogens with two attached hydrogens (primary N) is 1. The lowest BCUT2D eigenvalue weighted by atomic mass is 10.00. The van der Waals surface area contributed by atoms with E-state index in [-0.39, 0.29) is 0 Å². The molecule has 18 heavy (non-hydrogen) atoms. The van der Waals surface area contributed by atoms with Gasteiger partial charge in [0.25, 0.3) is 0 Å². The van der Waals surface area contributed by atoms with Crippen molar-refractivity contribution in [2.75, 3.05) is 26.7 Å². The Morgan fingerprint density at radius 2 is 2.06 bits per heavy atom. The lowest BCUT2D eigenvalue weighted by Crippen LogP contribution is -2.21. The number of rotatable bonds is 8. The van der Waals surface area contributed by atoms with E-state index in [1.165, 1.54) is 11.1 Å². The molecule has 3 nitrogen and oxygen atoms in total. The second kappa shape index (κ2) is 8.11. The van der Waals surface area contributed by atoms with E-state index >= 15 is 0 Å². The fourth-order valence-electron chi connectivity index (χ4n) is 1.90. The summed E-state index contributed by atoms with van der Waals surface area (Å²) in [5, 5.41) is 3.39. The molecule has 0 aliphatic rings. The molecule has 0 heterocycles. The molecule has 1 rings (SSSR count). The molecular weight excluding hydrogens is 224 g/mol. The first kappa shape index (κ1) is 15.0. The third-order valence-corrected chi connectivity index (χ3v) is 3.11. The van der Waals surface area contributed by atoms with Crippen molar-refractivity contribution in [1.29, 1.82) is 0 Å². The summed E-state index contributed by atoms with van der Waals surface area (Å²) in [6.07, 6.45) is 2.02. The summed E-state index contributed by atoms with van der Waals surface area (Å²) >= 11 is 0. The number of ether oxygens (including phenoxy) is 1. The Balaban J connectivity index is 2.54. The Morgan fingerprint density at radius 3 is 2.67 bits per heavy atom. The van der Waals surface area contributed by atoms with Crippen LogP contribution >= 0.6 is 0 Å². The summed E-state index contributed by atoms with van der Waals surface area (Å²) in [4.78, 5) is 0. The van der Waals surface area contributed by atoms with Gasteiger partial charge in [0.1, 0.15) is 5.75 Å². The van der Waals surface area contributed by atoms with Crippen LogP contribution in [0.25, 0.3) is 0 Å². The van der Waals surface area contributed by atoms with E-state index in [1.807, 2.05) is 0 Å². The monoisotopic (exact) mass is 250 g/mol. The van der Waals surface area contributed by atoms with Gasteiger partial charge in [-0.3, -0.25) is 0 Å². The molecule has 0 fully saturated rings. The molecule has 0 saturated heterocycles. The van der Waals surface area contributed by atoms with Crippen molar-refractivity contribution in [3.8, 4) is 5.75 Å². The van der Waals surface area contributed by atoms with E-state index in [9.17, 15) is 0 Å². The third kappa shape index (κ3) is 4.67. The van der Waals surface area contributed by atoms with Crippen LogP contribution in [0.3, 0.4) is 0 Å². The fraction of sp³-hybridized carbons (Fsp3) is 0.600. The summed E-state index contributed by atoms with van der Waals surface area (Å²) in [7, 11) is 1.74. The van der Waals surface area contributed by atoms with Gasteiger partial charge in [-0.1, -0.05) is 26.0 Å². The predicted molar refractivity (Wildman–Crippen MR) is 77.3 cm³/mol. The molecule has 0 spiro atoms. The van der Waals surface area contributed by atoms with Gasteiger partial charge in [-0.25, -0.2) is 0 Å². The first-order valence-corrected chi connectivity index (χ1v) is 6.76. The van der Waals surface area contributed by atoms with Crippen LogP contribution in [0.2, 0.25) is 0 Å². The maximum atomic E-state index is 5.47. The molecule has 0 bridgehead atoms. The number of hydrogen-bond acceptors (Lipinski definition) is 3. The first-order chi connectivity index (χ1) is 8.69. The minimum atomic E-state index is 0.538. The van der Waals surface area contributed by atoms with Gasteiger partial charge < -0.3 is 15.8 Å². The SMILES string of the molecule is COc1cc(C(C)C)ccc1CCNCCCN. The molecule has 102 valence electrons. The van der Waals surface area contributed by atoms with Crippen molar-refractivity contribution < 1.29 is 4.74 Å².